The summed E-state index contributed by atoms with van der Waals surface area (Å²) >= 11 is 5.83. The van der Waals surface area contributed by atoms with Crippen LogP contribution >= 0.6 is 11.6 Å². The minimum absolute atomic E-state index is 0.0113. The number of hydrogen-bond acceptors (Lipinski definition) is 7. The van der Waals surface area contributed by atoms with Gasteiger partial charge in [0.25, 0.3) is 5.91 Å². The molecule has 0 aliphatic carbocycles. The summed E-state index contributed by atoms with van der Waals surface area (Å²) in [6.45, 7) is -3.55. The predicted octanol–water partition coefficient (Wildman–Crippen LogP) is 4.08. The summed E-state index contributed by atoms with van der Waals surface area (Å²) in [5, 5.41) is 2.34. The van der Waals surface area contributed by atoms with Crippen molar-refractivity contribution in [3.63, 3.8) is 0 Å². The number of benzene rings is 2. The Morgan fingerprint density at radius 1 is 1.00 bits per heavy atom. The van der Waals surface area contributed by atoms with Crippen LogP contribution in [0.4, 0.5) is 14.5 Å². The van der Waals surface area contributed by atoms with E-state index >= 15 is 0 Å². The molecule has 1 N–H and O–H groups in total. The molecule has 0 aromatic heterocycles. The molecule has 0 bridgehead atoms. The zero-order valence-electron chi connectivity index (χ0n) is 17.6. The molecule has 0 fully saturated rings. The van der Waals surface area contributed by atoms with Crippen molar-refractivity contribution in [3.8, 4) is 23.0 Å². The van der Waals surface area contributed by atoms with Crippen LogP contribution < -0.4 is 24.3 Å². The molecule has 174 valence electrons. The fraction of sp³-hybridized carbons (Fsp3) is 0.333. The van der Waals surface area contributed by atoms with Crippen molar-refractivity contribution < 1.29 is 42.1 Å². The van der Waals surface area contributed by atoms with Crippen molar-refractivity contribution in [2.24, 2.45) is 0 Å². The van der Waals surface area contributed by atoms with Crippen molar-refractivity contribution in [2.75, 3.05) is 33.3 Å². The van der Waals surface area contributed by atoms with Crippen molar-refractivity contribution in [1.82, 2.24) is 0 Å². The van der Waals surface area contributed by atoms with Crippen LogP contribution in [0.3, 0.4) is 0 Å². The lowest BCUT2D eigenvalue weighted by molar-refractivity contribution is -0.147. The molecular formula is C21H22ClF2NO7. The van der Waals surface area contributed by atoms with E-state index in [1.54, 1.807) is 12.1 Å². The van der Waals surface area contributed by atoms with Crippen LogP contribution in [-0.2, 0) is 20.7 Å². The summed E-state index contributed by atoms with van der Waals surface area (Å²) in [4.78, 5) is 24.0. The fourth-order valence-electron chi connectivity index (χ4n) is 2.71. The maximum absolute atomic E-state index is 12.3. The molecule has 32 heavy (non-hydrogen) atoms. The number of carbonyl (C=O) groups excluding carboxylic acids is 2. The number of amides is 1. The van der Waals surface area contributed by atoms with Crippen LogP contribution in [0.2, 0.25) is 5.02 Å². The lowest BCUT2D eigenvalue weighted by Crippen LogP contribution is -2.21. The summed E-state index contributed by atoms with van der Waals surface area (Å²) in [5.41, 5.74) is 0.983. The molecule has 0 unspecified atom stereocenters. The monoisotopic (exact) mass is 473 g/mol. The third-order valence-electron chi connectivity index (χ3n) is 4.14. The van der Waals surface area contributed by atoms with E-state index in [4.69, 9.17) is 30.5 Å². The predicted molar refractivity (Wildman–Crippen MR) is 112 cm³/mol. The van der Waals surface area contributed by atoms with Gasteiger partial charge in [0.05, 0.1) is 26.4 Å². The standard InChI is InChI=1S/C21H22ClF2NO7/c1-28-16-8-12(9-17(29-2)20(16)30-3)4-7-19(27)31-11-18(26)25-13-5-6-15(14(22)10-13)32-21(23)24/h5-6,8-10,21H,4,7,11H2,1-3H3,(H,25,26). The number of methoxy groups -OCH3 is 3. The minimum Gasteiger partial charge on any atom is -0.493 e. The molecule has 2 rings (SSSR count). The first-order chi connectivity index (χ1) is 15.3. The second kappa shape index (κ2) is 11.9. The third kappa shape index (κ3) is 7.16. The molecule has 0 heterocycles. The highest BCUT2D eigenvalue weighted by Crippen LogP contribution is 2.38. The van der Waals surface area contributed by atoms with Gasteiger partial charge in [-0.25, -0.2) is 0 Å². The first-order valence-corrected chi connectivity index (χ1v) is 9.63. The largest absolute Gasteiger partial charge is 0.493 e. The van der Waals surface area contributed by atoms with Gasteiger partial charge < -0.3 is 29.0 Å². The number of ether oxygens (including phenoxy) is 5. The Balaban J connectivity index is 1.85. The maximum Gasteiger partial charge on any atom is 0.387 e. The molecule has 0 atom stereocenters. The fourth-order valence-corrected chi connectivity index (χ4v) is 2.94. The number of aryl methyl sites for hydroxylation is 1. The van der Waals surface area contributed by atoms with Gasteiger partial charge in [0, 0.05) is 12.1 Å². The number of halogens is 3. The zero-order chi connectivity index (χ0) is 23.7. The van der Waals surface area contributed by atoms with Gasteiger partial charge in [-0.05, 0) is 42.3 Å². The highest BCUT2D eigenvalue weighted by Gasteiger charge is 2.15. The van der Waals surface area contributed by atoms with Gasteiger partial charge in [-0.3, -0.25) is 9.59 Å². The van der Waals surface area contributed by atoms with Gasteiger partial charge in [-0.1, -0.05) is 11.6 Å². The lowest BCUT2D eigenvalue weighted by atomic mass is 10.1. The number of esters is 1. The van der Waals surface area contributed by atoms with Gasteiger partial charge in [-0.2, -0.15) is 8.78 Å². The number of alkyl halides is 2. The highest BCUT2D eigenvalue weighted by molar-refractivity contribution is 6.32. The summed E-state index contributed by atoms with van der Waals surface area (Å²) in [6, 6.07) is 7.18. The van der Waals surface area contributed by atoms with Crippen molar-refractivity contribution in [3.05, 3.63) is 40.9 Å². The molecule has 0 saturated carbocycles. The molecule has 11 heteroatoms. The van der Waals surface area contributed by atoms with Crippen molar-refractivity contribution >= 4 is 29.2 Å². The van der Waals surface area contributed by atoms with E-state index < -0.39 is 25.1 Å². The van der Waals surface area contributed by atoms with Crippen molar-refractivity contribution in [2.45, 2.75) is 19.5 Å². The summed E-state index contributed by atoms with van der Waals surface area (Å²) in [5.74, 6) is -0.0846. The Morgan fingerprint density at radius 3 is 2.19 bits per heavy atom. The van der Waals surface area contributed by atoms with Crippen LogP contribution in [0, 0.1) is 0 Å². The van der Waals surface area contributed by atoms with E-state index in [9.17, 15) is 18.4 Å². The number of anilines is 1. The van der Waals surface area contributed by atoms with Crippen LogP contribution in [0.25, 0.3) is 0 Å². The van der Waals surface area contributed by atoms with Gasteiger partial charge in [0.1, 0.15) is 5.75 Å². The first-order valence-electron chi connectivity index (χ1n) is 9.26. The van der Waals surface area contributed by atoms with Crippen LogP contribution in [0.5, 0.6) is 23.0 Å². The second-order valence-corrected chi connectivity index (χ2v) is 6.67. The van der Waals surface area contributed by atoms with Gasteiger partial charge in [0.2, 0.25) is 5.75 Å². The molecule has 0 aliphatic heterocycles. The number of carbonyl (C=O) groups is 2. The minimum atomic E-state index is -3.02. The van der Waals surface area contributed by atoms with E-state index in [1.807, 2.05) is 0 Å². The Hall–Kier alpha value is -3.27. The van der Waals surface area contributed by atoms with E-state index in [0.29, 0.717) is 23.7 Å². The molecule has 2 aromatic rings. The lowest BCUT2D eigenvalue weighted by Gasteiger charge is -2.14. The van der Waals surface area contributed by atoms with Crippen LogP contribution in [-0.4, -0.2) is 46.4 Å². The van der Waals surface area contributed by atoms with Crippen LogP contribution in [0.15, 0.2) is 30.3 Å². The molecule has 1 amide bonds. The van der Waals surface area contributed by atoms with E-state index in [1.165, 1.54) is 39.5 Å². The Bertz CT molecular complexity index is 931. The second-order valence-electron chi connectivity index (χ2n) is 6.27. The number of nitrogens with one attached hydrogen (secondary N) is 1. The normalized spacial score (nSPS) is 10.5. The number of rotatable bonds is 11. The first kappa shape index (κ1) is 25.0. The molecule has 0 spiro atoms. The number of hydrogen-bond donors (Lipinski definition) is 1. The van der Waals surface area contributed by atoms with Crippen molar-refractivity contribution in [1.29, 1.82) is 0 Å². The SMILES string of the molecule is COc1cc(CCC(=O)OCC(=O)Nc2ccc(OC(F)F)c(Cl)c2)cc(OC)c1OC. The third-order valence-corrected chi connectivity index (χ3v) is 4.43. The van der Waals surface area contributed by atoms with Gasteiger partial charge >= 0.3 is 12.6 Å². The zero-order valence-corrected chi connectivity index (χ0v) is 18.3. The highest BCUT2D eigenvalue weighted by atomic mass is 35.5. The smallest absolute Gasteiger partial charge is 0.387 e. The molecular weight excluding hydrogens is 452 g/mol. The molecule has 0 radical (unpaired) electrons. The molecule has 0 saturated heterocycles. The summed E-state index contributed by atoms with van der Waals surface area (Å²) in [6.07, 6.45) is 0.329. The molecule has 0 aliphatic rings. The summed E-state index contributed by atoms with van der Waals surface area (Å²) < 4.78 is 49.5. The molecule has 2 aromatic carbocycles. The van der Waals surface area contributed by atoms with E-state index in [0.717, 1.165) is 5.56 Å². The topological polar surface area (TPSA) is 92.3 Å². The summed E-state index contributed by atoms with van der Waals surface area (Å²) in [7, 11) is 4.46. The Labute approximate surface area is 188 Å². The molecule has 8 nitrogen and oxygen atoms in total. The van der Waals surface area contributed by atoms with Gasteiger partial charge in [0.15, 0.2) is 18.1 Å². The Kier molecular flexibility index (Phi) is 9.33. The maximum atomic E-state index is 12.3. The quantitative estimate of drug-likeness (QED) is 0.491. The van der Waals surface area contributed by atoms with Crippen LogP contribution in [0.1, 0.15) is 12.0 Å². The average molecular weight is 474 g/mol. The van der Waals surface area contributed by atoms with E-state index in [-0.39, 0.29) is 22.9 Å². The van der Waals surface area contributed by atoms with E-state index in [2.05, 4.69) is 10.1 Å². The van der Waals surface area contributed by atoms with Gasteiger partial charge in [-0.15, -0.1) is 0 Å². The Morgan fingerprint density at radius 2 is 1.66 bits per heavy atom. The average Bonchev–Trinajstić information content (AvgIpc) is 2.76.